The predicted octanol–water partition coefficient (Wildman–Crippen LogP) is 4.00. The van der Waals surface area contributed by atoms with Crippen LogP contribution in [0.1, 0.15) is 22.8 Å². The van der Waals surface area contributed by atoms with Crippen molar-refractivity contribution in [3.63, 3.8) is 0 Å². The Labute approximate surface area is 128 Å². The molecule has 1 unspecified atom stereocenters. The molecule has 0 radical (unpaired) electrons. The van der Waals surface area contributed by atoms with Crippen LogP contribution in [-0.2, 0) is 11.3 Å². The summed E-state index contributed by atoms with van der Waals surface area (Å²) in [6.45, 7) is 2.67. The minimum absolute atomic E-state index is 0.0352. The molecule has 0 saturated heterocycles. The highest BCUT2D eigenvalue weighted by molar-refractivity contribution is 9.10. The Morgan fingerprint density at radius 2 is 1.95 bits per heavy atom. The van der Waals surface area contributed by atoms with Gasteiger partial charge in [-0.3, -0.25) is 4.90 Å². The van der Waals surface area contributed by atoms with Crippen molar-refractivity contribution in [3.05, 3.63) is 69.7 Å². The van der Waals surface area contributed by atoms with E-state index in [9.17, 15) is 0 Å². The quantitative estimate of drug-likeness (QED) is 0.783. The fourth-order valence-electron chi connectivity index (χ4n) is 2.66. The topological polar surface area (TPSA) is 12.5 Å². The first kappa shape index (κ1) is 13.8. The molecule has 1 aliphatic heterocycles. The Balaban J connectivity index is 2.06. The first-order chi connectivity index (χ1) is 9.74. The predicted molar refractivity (Wildman–Crippen MR) is 84.7 cm³/mol. The van der Waals surface area contributed by atoms with Crippen LogP contribution in [0, 0.1) is 0 Å². The lowest BCUT2D eigenvalue weighted by Gasteiger charge is -2.28. The number of fused-ring (bicyclic) bond motifs is 1. The number of ether oxygens (including phenoxy) is 1. The van der Waals surface area contributed by atoms with Crippen molar-refractivity contribution in [1.29, 1.82) is 0 Å². The summed E-state index contributed by atoms with van der Waals surface area (Å²) in [5.41, 5.74) is 3.82. The second-order valence-corrected chi connectivity index (χ2v) is 6.16. The highest BCUT2D eigenvalue weighted by Gasteiger charge is 2.21. The fourth-order valence-corrected chi connectivity index (χ4v) is 3.07. The number of hydrogen-bond donors (Lipinski definition) is 0. The van der Waals surface area contributed by atoms with Crippen LogP contribution in [0.15, 0.2) is 53.0 Å². The van der Waals surface area contributed by atoms with Crippen LogP contribution in [0.5, 0.6) is 0 Å². The van der Waals surface area contributed by atoms with Gasteiger partial charge in [0.2, 0.25) is 0 Å². The molecular formula is C17H18BrNO. The summed E-state index contributed by atoms with van der Waals surface area (Å²) in [6.07, 6.45) is 0.0352. The van der Waals surface area contributed by atoms with E-state index in [1.165, 1.54) is 16.7 Å². The van der Waals surface area contributed by atoms with E-state index in [0.717, 1.165) is 24.2 Å². The lowest BCUT2D eigenvalue weighted by Crippen LogP contribution is -2.27. The first-order valence-electron chi connectivity index (χ1n) is 6.87. The van der Waals surface area contributed by atoms with E-state index in [1.54, 1.807) is 0 Å². The summed E-state index contributed by atoms with van der Waals surface area (Å²) < 4.78 is 7.27. The number of hydrogen-bond acceptors (Lipinski definition) is 2. The van der Waals surface area contributed by atoms with Crippen LogP contribution in [0.3, 0.4) is 0 Å². The summed E-state index contributed by atoms with van der Waals surface area (Å²) in [6, 6.07) is 16.9. The Hall–Kier alpha value is -1.16. The van der Waals surface area contributed by atoms with Gasteiger partial charge in [-0.1, -0.05) is 52.3 Å². The van der Waals surface area contributed by atoms with E-state index >= 15 is 0 Å². The van der Waals surface area contributed by atoms with Crippen molar-refractivity contribution in [2.75, 3.05) is 20.2 Å². The average Bonchev–Trinajstić information content (AvgIpc) is 2.44. The minimum Gasteiger partial charge on any atom is -0.367 e. The van der Waals surface area contributed by atoms with Gasteiger partial charge in [-0.05, 0) is 35.9 Å². The molecule has 0 N–H and O–H groups in total. The van der Waals surface area contributed by atoms with Crippen LogP contribution < -0.4 is 0 Å². The third-order valence-electron chi connectivity index (χ3n) is 3.69. The zero-order chi connectivity index (χ0) is 13.9. The second-order valence-electron chi connectivity index (χ2n) is 5.24. The number of benzene rings is 2. The number of nitrogens with zero attached hydrogens (tertiary/aromatic N) is 1. The van der Waals surface area contributed by atoms with E-state index < -0.39 is 0 Å². The molecule has 104 valence electrons. The molecule has 2 nitrogen and oxygen atoms in total. The van der Waals surface area contributed by atoms with Crippen LogP contribution in [0.4, 0.5) is 0 Å². The molecule has 0 amide bonds. The normalized spacial score (nSPS) is 20.0. The molecule has 0 spiro atoms. The number of halogens is 1. The maximum absolute atomic E-state index is 6.15. The number of likely N-dealkylation sites (N-methyl/N-ethyl adjacent to an activating group) is 1. The Morgan fingerprint density at radius 1 is 1.15 bits per heavy atom. The number of rotatable bonds is 1. The molecule has 1 heterocycles. The average molecular weight is 332 g/mol. The van der Waals surface area contributed by atoms with Gasteiger partial charge in [0.1, 0.15) is 6.10 Å². The summed E-state index contributed by atoms with van der Waals surface area (Å²) in [5, 5.41) is 0. The van der Waals surface area contributed by atoms with Gasteiger partial charge in [-0.15, -0.1) is 0 Å². The van der Waals surface area contributed by atoms with Gasteiger partial charge in [0.05, 0.1) is 6.61 Å². The molecular weight excluding hydrogens is 314 g/mol. The largest absolute Gasteiger partial charge is 0.367 e. The minimum atomic E-state index is 0.0352. The van der Waals surface area contributed by atoms with E-state index in [1.807, 2.05) is 6.07 Å². The van der Waals surface area contributed by atoms with Gasteiger partial charge in [-0.25, -0.2) is 0 Å². The van der Waals surface area contributed by atoms with Crippen molar-refractivity contribution in [3.8, 4) is 0 Å². The van der Waals surface area contributed by atoms with Crippen LogP contribution in [-0.4, -0.2) is 25.1 Å². The first-order valence-corrected chi connectivity index (χ1v) is 7.67. The van der Waals surface area contributed by atoms with E-state index in [-0.39, 0.29) is 6.10 Å². The van der Waals surface area contributed by atoms with Crippen molar-refractivity contribution >= 4 is 15.9 Å². The van der Waals surface area contributed by atoms with Gasteiger partial charge in [0.15, 0.2) is 0 Å². The van der Waals surface area contributed by atoms with Crippen molar-refractivity contribution in [2.24, 2.45) is 0 Å². The van der Waals surface area contributed by atoms with Crippen molar-refractivity contribution in [2.45, 2.75) is 12.6 Å². The maximum Gasteiger partial charge on any atom is 0.108 e. The van der Waals surface area contributed by atoms with Gasteiger partial charge in [-0.2, -0.15) is 0 Å². The van der Waals surface area contributed by atoms with Gasteiger partial charge in [0, 0.05) is 17.6 Å². The Bertz CT molecular complexity index is 585. The molecule has 2 aromatic rings. The van der Waals surface area contributed by atoms with Gasteiger partial charge < -0.3 is 4.74 Å². The Kier molecular flexibility index (Phi) is 4.20. The molecule has 20 heavy (non-hydrogen) atoms. The third kappa shape index (κ3) is 2.95. The third-order valence-corrected chi connectivity index (χ3v) is 4.18. The van der Waals surface area contributed by atoms with Crippen LogP contribution >= 0.6 is 15.9 Å². The monoisotopic (exact) mass is 331 g/mol. The van der Waals surface area contributed by atoms with E-state index in [0.29, 0.717) is 0 Å². The summed E-state index contributed by atoms with van der Waals surface area (Å²) in [4.78, 5) is 2.30. The van der Waals surface area contributed by atoms with Crippen LogP contribution in [0.2, 0.25) is 0 Å². The summed E-state index contributed by atoms with van der Waals surface area (Å²) in [7, 11) is 2.14. The molecule has 0 saturated carbocycles. The smallest absolute Gasteiger partial charge is 0.108 e. The molecule has 3 heteroatoms. The lowest BCUT2D eigenvalue weighted by atomic mass is 9.96. The SMILES string of the molecule is CN1CCOC(c2ccccc2)c2ccc(Br)cc2C1. The zero-order valence-electron chi connectivity index (χ0n) is 11.6. The molecule has 0 bridgehead atoms. The lowest BCUT2D eigenvalue weighted by molar-refractivity contribution is 0.0554. The van der Waals surface area contributed by atoms with Gasteiger partial charge >= 0.3 is 0 Å². The second kappa shape index (κ2) is 6.08. The summed E-state index contributed by atoms with van der Waals surface area (Å²) in [5.74, 6) is 0. The highest BCUT2D eigenvalue weighted by Crippen LogP contribution is 2.32. The molecule has 0 aromatic heterocycles. The maximum atomic E-state index is 6.15. The van der Waals surface area contributed by atoms with Crippen molar-refractivity contribution in [1.82, 2.24) is 4.90 Å². The molecule has 0 fully saturated rings. The van der Waals surface area contributed by atoms with Gasteiger partial charge in [0.25, 0.3) is 0 Å². The molecule has 1 aliphatic rings. The summed E-state index contributed by atoms with van der Waals surface area (Å²) >= 11 is 3.57. The van der Waals surface area contributed by atoms with Crippen molar-refractivity contribution < 1.29 is 4.74 Å². The van der Waals surface area contributed by atoms with E-state index in [2.05, 4.69) is 70.3 Å². The Morgan fingerprint density at radius 3 is 2.75 bits per heavy atom. The molecule has 2 aromatic carbocycles. The highest BCUT2D eigenvalue weighted by atomic mass is 79.9. The molecule has 1 atom stereocenters. The standard InChI is InChI=1S/C17H18BrNO/c1-19-9-10-20-17(13-5-3-2-4-6-13)16-8-7-15(18)11-14(16)12-19/h2-8,11,17H,9-10,12H2,1H3. The van der Waals surface area contributed by atoms with E-state index in [4.69, 9.17) is 4.74 Å². The zero-order valence-corrected chi connectivity index (χ0v) is 13.1. The van der Waals surface area contributed by atoms with Crippen LogP contribution in [0.25, 0.3) is 0 Å². The molecule has 3 rings (SSSR count). The molecule has 0 aliphatic carbocycles. The fraction of sp³-hybridized carbons (Fsp3) is 0.294.